The molecule has 0 aliphatic rings. The molecule has 0 unspecified atom stereocenters. The van der Waals surface area contributed by atoms with Gasteiger partial charge in [-0.1, -0.05) is 18.2 Å². The van der Waals surface area contributed by atoms with Gasteiger partial charge >= 0.3 is 12.1 Å². The smallest absolute Gasteiger partial charge is 0.416 e. The number of methoxy groups -OCH3 is 1. The van der Waals surface area contributed by atoms with Crippen LogP contribution in [0.1, 0.15) is 21.6 Å². The highest BCUT2D eigenvalue weighted by Crippen LogP contribution is 2.32. The van der Waals surface area contributed by atoms with Crippen molar-refractivity contribution in [3.05, 3.63) is 51.8 Å². The van der Waals surface area contributed by atoms with Crippen molar-refractivity contribution in [1.29, 1.82) is 0 Å². The Morgan fingerprint density at radius 3 is 2.67 bits per heavy atom. The molecule has 0 atom stereocenters. The maximum atomic E-state index is 13.0. The Kier molecular flexibility index (Phi) is 4.36. The number of alkyl halides is 3. The Labute approximate surface area is 126 Å². The monoisotopic (exact) mass is 362 g/mol. The molecule has 0 saturated heterocycles. The van der Waals surface area contributed by atoms with Gasteiger partial charge in [-0.05, 0) is 27.6 Å². The van der Waals surface area contributed by atoms with Crippen molar-refractivity contribution in [3.63, 3.8) is 0 Å². The molecule has 0 N–H and O–H groups in total. The first-order chi connectivity index (χ1) is 9.82. The molecule has 0 radical (unpaired) electrons. The Balaban J connectivity index is 2.42. The van der Waals surface area contributed by atoms with Gasteiger partial charge in [0.25, 0.3) is 0 Å². The number of rotatable bonds is 3. The summed E-state index contributed by atoms with van der Waals surface area (Å²) >= 11 is 3.09. The van der Waals surface area contributed by atoms with Gasteiger partial charge in [-0.2, -0.15) is 18.3 Å². The Morgan fingerprint density at radius 1 is 1.38 bits per heavy atom. The summed E-state index contributed by atoms with van der Waals surface area (Å²) in [6.45, 7) is -0.189. The molecule has 1 aromatic heterocycles. The van der Waals surface area contributed by atoms with E-state index >= 15 is 0 Å². The zero-order valence-corrected chi connectivity index (χ0v) is 12.4. The highest BCUT2D eigenvalue weighted by Gasteiger charge is 2.33. The van der Waals surface area contributed by atoms with E-state index in [2.05, 4.69) is 25.8 Å². The highest BCUT2D eigenvalue weighted by atomic mass is 79.9. The van der Waals surface area contributed by atoms with E-state index in [1.807, 2.05) is 0 Å². The fourth-order valence-corrected chi connectivity index (χ4v) is 2.28. The van der Waals surface area contributed by atoms with Crippen molar-refractivity contribution in [1.82, 2.24) is 9.78 Å². The van der Waals surface area contributed by atoms with E-state index in [-0.39, 0.29) is 17.8 Å². The number of carbonyl (C=O) groups is 1. The van der Waals surface area contributed by atoms with E-state index < -0.39 is 17.7 Å². The fourth-order valence-electron chi connectivity index (χ4n) is 1.87. The summed E-state index contributed by atoms with van der Waals surface area (Å²) in [4.78, 5) is 11.6. The molecule has 2 aromatic rings. The molecular weight excluding hydrogens is 353 g/mol. The lowest BCUT2D eigenvalue weighted by Gasteiger charge is -2.13. The highest BCUT2D eigenvalue weighted by molar-refractivity contribution is 9.10. The third kappa shape index (κ3) is 3.44. The number of aromatic nitrogens is 2. The van der Waals surface area contributed by atoms with Crippen molar-refractivity contribution in [3.8, 4) is 0 Å². The first-order valence-electron chi connectivity index (χ1n) is 5.79. The lowest BCUT2D eigenvalue weighted by molar-refractivity contribution is -0.138. The van der Waals surface area contributed by atoms with E-state index in [0.29, 0.717) is 4.60 Å². The van der Waals surface area contributed by atoms with Crippen LogP contribution in [0.25, 0.3) is 0 Å². The van der Waals surface area contributed by atoms with Gasteiger partial charge in [-0.3, -0.25) is 4.68 Å². The largest absolute Gasteiger partial charge is 0.464 e. The first-order valence-corrected chi connectivity index (χ1v) is 6.59. The summed E-state index contributed by atoms with van der Waals surface area (Å²) in [6, 6.07) is 6.54. The first kappa shape index (κ1) is 15.6. The maximum absolute atomic E-state index is 13.0. The van der Waals surface area contributed by atoms with Gasteiger partial charge in [-0.25, -0.2) is 4.79 Å². The summed E-state index contributed by atoms with van der Waals surface area (Å²) < 4.78 is 44.9. The van der Waals surface area contributed by atoms with Crippen LogP contribution in [-0.4, -0.2) is 22.9 Å². The Bertz CT molecular complexity index is 668. The van der Waals surface area contributed by atoms with Crippen LogP contribution < -0.4 is 0 Å². The van der Waals surface area contributed by atoms with Gasteiger partial charge in [0.15, 0.2) is 0 Å². The second kappa shape index (κ2) is 5.88. The predicted molar refractivity (Wildman–Crippen MR) is 71.8 cm³/mol. The van der Waals surface area contributed by atoms with E-state index in [0.717, 1.165) is 6.07 Å². The molecule has 0 aliphatic carbocycles. The minimum Gasteiger partial charge on any atom is -0.464 e. The van der Waals surface area contributed by atoms with E-state index in [1.165, 1.54) is 36.1 Å². The van der Waals surface area contributed by atoms with Crippen LogP contribution in [-0.2, 0) is 17.5 Å². The van der Waals surface area contributed by atoms with Crippen molar-refractivity contribution < 1.29 is 22.7 Å². The number of benzene rings is 1. The number of ether oxygens (including phenoxy) is 1. The molecular formula is C13H10BrF3N2O2. The zero-order valence-electron chi connectivity index (χ0n) is 10.8. The lowest BCUT2D eigenvalue weighted by Crippen LogP contribution is -2.16. The molecule has 1 heterocycles. The summed E-state index contributed by atoms with van der Waals surface area (Å²) in [5.74, 6) is -0.669. The van der Waals surface area contributed by atoms with Crippen LogP contribution in [0.5, 0.6) is 0 Å². The molecule has 1 aromatic carbocycles. The van der Waals surface area contributed by atoms with Gasteiger partial charge in [0.1, 0.15) is 10.3 Å². The SMILES string of the molecule is COC(=O)c1cc(Br)nn1Cc1ccccc1C(F)(F)F. The molecule has 2 rings (SSSR count). The Hall–Kier alpha value is -1.83. The number of hydrogen-bond donors (Lipinski definition) is 0. The zero-order chi connectivity index (χ0) is 15.6. The topological polar surface area (TPSA) is 44.1 Å². The third-order valence-corrected chi connectivity index (χ3v) is 3.18. The van der Waals surface area contributed by atoms with Crippen molar-refractivity contribution in [2.24, 2.45) is 0 Å². The molecule has 0 aliphatic heterocycles. The van der Waals surface area contributed by atoms with Crippen LogP contribution in [0.2, 0.25) is 0 Å². The normalized spacial score (nSPS) is 11.5. The quantitative estimate of drug-likeness (QED) is 0.785. The number of halogens is 4. The average Bonchev–Trinajstić information content (AvgIpc) is 2.78. The van der Waals surface area contributed by atoms with Gasteiger partial charge < -0.3 is 4.74 Å². The van der Waals surface area contributed by atoms with Gasteiger partial charge in [0.05, 0.1) is 19.2 Å². The fraction of sp³-hybridized carbons (Fsp3) is 0.231. The molecule has 0 amide bonds. The van der Waals surface area contributed by atoms with E-state index in [9.17, 15) is 18.0 Å². The molecule has 112 valence electrons. The summed E-state index contributed by atoms with van der Waals surface area (Å²) in [6.07, 6.45) is -4.47. The number of esters is 1. The van der Waals surface area contributed by atoms with Crippen molar-refractivity contribution in [2.45, 2.75) is 12.7 Å². The second-order valence-corrected chi connectivity index (χ2v) is 4.97. The molecule has 4 nitrogen and oxygen atoms in total. The van der Waals surface area contributed by atoms with E-state index in [1.54, 1.807) is 0 Å². The molecule has 8 heteroatoms. The van der Waals surface area contributed by atoms with E-state index in [4.69, 9.17) is 0 Å². The van der Waals surface area contributed by atoms with Gasteiger partial charge in [-0.15, -0.1) is 0 Å². The van der Waals surface area contributed by atoms with Crippen LogP contribution in [0.15, 0.2) is 34.9 Å². The number of hydrogen-bond acceptors (Lipinski definition) is 3. The second-order valence-electron chi connectivity index (χ2n) is 4.16. The minimum absolute atomic E-state index is 0.0192. The molecule has 0 fully saturated rings. The summed E-state index contributed by atoms with van der Waals surface area (Å²) in [5, 5.41) is 3.96. The lowest BCUT2D eigenvalue weighted by atomic mass is 10.1. The predicted octanol–water partition coefficient (Wildman–Crippen LogP) is 3.50. The number of carbonyl (C=O) groups excluding carboxylic acids is 1. The average molecular weight is 363 g/mol. The molecule has 0 bridgehead atoms. The van der Waals surface area contributed by atoms with Gasteiger partial charge in [0.2, 0.25) is 0 Å². The van der Waals surface area contributed by atoms with Crippen LogP contribution in [0.3, 0.4) is 0 Å². The maximum Gasteiger partial charge on any atom is 0.416 e. The van der Waals surface area contributed by atoms with Crippen molar-refractivity contribution >= 4 is 21.9 Å². The third-order valence-electron chi connectivity index (χ3n) is 2.79. The standard InChI is InChI=1S/C13H10BrF3N2O2/c1-21-12(20)10-6-11(14)18-19(10)7-8-4-2-3-5-9(8)13(15,16)17/h2-6H,7H2,1H3. The van der Waals surface area contributed by atoms with Crippen LogP contribution in [0.4, 0.5) is 13.2 Å². The van der Waals surface area contributed by atoms with Gasteiger partial charge in [0, 0.05) is 6.07 Å². The molecule has 0 saturated carbocycles. The van der Waals surface area contributed by atoms with Crippen molar-refractivity contribution in [2.75, 3.05) is 7.11 Å². The Morgan fingerprint density at radius 2 is 2.05 bits per heavy atom. The van der Waals surface area contributed by atoms with Crippen LogP contribution >= 0.6 is 15.9 Å². The van der Waals surface area contributed by atoms with Crippen LogP contribution in [0, 0.1) is 0 Å². The summed E-state index contributed by atoms with van der Waals surface area (Å²) in [7, 11) is 1.19. The number of nitrogens with zero attached hydrogens (tertiary/aromatic N) is 2. The summed E-state index contributed by atoms with van der Waals surface area (Å²) in [5.41, 5.74) is -0.667. The molecule has 0 spiro atoms. The molecule has 21 heavy (non-hydrogen) atoms. The minimum atomic E-state index is -4.47.